The van der Waals surface area contributed by atoms with Crippen LogP contribution in [-0.4, -0.2) is 21.6 Å². The molecular formula is C10H7BrN4O. The molecule has 0 amide bonds. The molecule has 0 atom stereocenters. The number of halogens is 1. The summed E-state index contributed by atoms with van der Waals surface area (Å²) in [6, 6.07) is 5.51. The Morgan fingerprint density at radius 2 is 2.38 bits per heavy atom. The highest BCUT2D eigenvalue weighted by atomic mass is 79.9. The number of ether oxygens (including phenoxy) is 1. The molecule has 0 fully saturated rings. The van der Waals surface area contributed by atoms with Crippen molar-refractivity contribution in [3.63, 3.8) is 0 Å². The molecule has 5 nitrogen and oxygen atoms in total. The first-order chi connectivity index (χ1) is 7.76. The van der Waals surface area contributed by atoms with E-state index in [1.54, 1.807) is 29.1 Å². The molecule has 0 aliphatic carbocycles. The van der Waals surface area contributed by atoms with Crippen molar-refractivity contribution in [2.45, 2.75) is 0 Å². The van der Waals surface area contributed by atoms with Crippen molar-refractivity contribution < 1.29 is 4.74 Å². The zero-order chi connectivity index (χ0) is 11.5. The Bertz CT molecular complexity index is 558. The van der Waals surface area contributed by atoms with E-state index in [4.69, 9.17) is 10.00 Å². The molecule has 2 aromatic heterocycles. The van der Waals surface area contributed by atoms with Gasteiger partial charge in [0.1, 0.15) is 11.8 Å². The van der Waals surface area contributed by atoms with Crippen LogP contribution in [0.1, 0.15) is 5.69 Å². The number of aromatic nitrogens is 3. The number of hydrogen-bond donors (Lipinski definition) is 0. The van der Waals surface area contributed by atoms with Gasteiger partial charge in [0.15, 0.2) is 0 Å². The van der Waals surface area contributed by atoms with Crippen molar-refractivity contribution in [3.05, 3.63) is 34.7 Å². The molecule has 0 bridgehead atoms. The standard InChI is InChI=1S/C10H7BrN4O/c1-16-9-8(11)6-13-10(14-9)15-4-2-3-7(15)5-12/h2-4,6H,1H3. The van der Waals surface area contributed by atoms with Gasteiger partial charge in [-0.05, 0) is 28.1 Å². The average Bonchev–Trinajstić information content (AvgIpc) is 2.78. The van der Waals surface area contributed by atoms with Crippen molar-refractivity contribution in [1.29, 1.82) is 5.26 Å². The lowest BCUT2D eigenvalue weighted by Crippen LogP contribution is -2.03. The lowest BCUT2D eigenvalue weighted by atomic mass is 10.5. The minimum Gasteiger partial charge on any atom is -0.480 e. The molecule has 0 unspecified atom stereocenters. The third-order valence-corrected chi connectivity index (χ3v) is 2.52. The van der Waals surface area contributed by atoms with Crippen molar-refractivity contribution >= 4 is 15.9 Å². The average molecular weight is 279 g/mol. The van der Waals surface area contributed by atoms with E-state index in [1.165, 1.54) is 7.11 Å². The van der Waals surface area contributed by atoms with Crippen LogP contribution in [0.2, 0.25) is 0 Å². The van der Waals surface area contributed by atoms with Crippen LogP contribution >= 0.6 is 15.9 Å². The fourth-order valence-electron chi connectivity index (χ4n) is 1.25. The molecule has 80 valence electrons. The van der Waals surface area contributed by atoms with Gasteiger partial charge < -0.3 is 4.74 Å². The van der Waals surface area contributed by atoms with E-state index < -0.39 is 0 Å². The fraction of sp³-hybridized carbons (Fsp3) is 0.100. The first-order valence-electron chi connectivity index (χ1n) is 4.40. The summed E-state index contributed by atoms with van der Waals surface area (Å²) >= 11 is 3.27. The van der Waals surface area contributed by atoms with E-state index in [9.17, 15) is 0 Å². The fourth-order valence-corrected chi connectivity index (χ4v) is 1.60. The highest BCUT2D eigenvalue weighted by Crippen LogP contribution is 2.21. The topological polar surface area (TPSA) is 63.7 Å². The molecule has 0 saturated heterocycles. The second kappa shape index (κ2) is 4.33. The van der Waals surface area contributed by atoms with Gasteiger partial charge in [-0.3, -0.25) is 4.57 Å². The van der Waals surface area contributed by atoms with E-state index in [1.807, 2.05) is 0 Å². The van der Waals surface area contributed by atoms with E-state index in [0.717, 1.165) is 0 Å². The minimum atomic E-state index is 0.404. The molecule has 0 aliphatic rings. The minimum absolute atomic E-state index is 0.404. The van der Waals surface area contributed by atoms with Crippen molar-refractivity contribution in [2.24, 2.45) is 0 Å². The van der Waals surface area contributed by atoms with Crippen LogP contribution in [0, 0.1) is 11.3 Å². The monoisotopic (exact) mass is 278 g/mol. The van der Waals surface area contributed by atoms with Crippen LogP contribution in [0.4, 0.5) is 0 Å². The van der Waals surface area contributed by atoms with Crippen LogP contribution < -0.4 is 4.74 Å². The van der Waals surface area contributed by atoms with Gasteiger partial charge in [-0.1, -0.05) is 0 Å². The molecule has 0 saturated carbocycles. The summed E-state index contributed by atoms with van der Waals surface area (Å²) in [6.07, 6.45) is 3.31. The van der Waals surface area contributed by atoms with E-state index in [0.29, 0.717) is 22.0 Å². The van der Waals surface area contributed by atoms with Gasteiger partial charge in [0, 0.05) is 6.20 Å². The zero-order valence-corrected chi connectivity index (χ0v) is 9.97. The maximum absolute atomic E-state index is 8.88. The van der Waals surface area contributed by atoms with E-state index in [2.05, 4.69) is 32.0 Å². The first kappa shape index (κ1) is 10.6. The molecule has 16 heavy (non-hydrogen) atoms. The SMILES string of the molecule is COc1nc(-n2cccc2C#N)ncc1Br. The van der Waals surface area contributed by atoms with Crippen LogP contribution in [0.15, 0.2) is 29.0 Å². The van der Waals surface area contributed by atoms with Crippen LogP contribution in [-0.2, 0) is 0 Å². The lowest BCUT2D eigenvalue weighted by Gasteiger charge is -2.05. The molecule has 2 rings (SSSR count). The van der Waals surface area contributed by atoms with Crippen LogP contribution in [0.25, 0.3) is 5.95 Å². The van der Waals surface area contributed by atoms with E-state index >= 15 is 0 Å². The van der Waals surface area contributed by atoms with Crippen LogP contribution in [0.3, 0.4) is 0 Å². The second-order valence-electron chi connectivity index (χ2n) is 2.90. The van der Waals surface area contributed by atoms with Gasteiger partial charge in [0.2, 0.25) is 11.8 Å². The quantitative estimate of drug-likeness (QED) is 0.842. The van der Waals surface area contributed by atoms with Crippen molar-refractivity contribution in [1.82, 2.24) is 14.5 Å². The van der Waals surface area contributed by atoms with E-state index in [-0.39, 0.29) is 0 Å². The summed E-state index contributed by atoms with van der Waals surface area (Å²) < 4.78 is 7.33. The van der Waals surface area contributed by atoms with Crippen molar-refractivity contribution in [2.75, 3.05) is 7.11 Å². The maximum atomic E-state index is 8.88. The summed E-state index contributed by atoms with van der Waals surface area (Å²) in [7, 11) is 1.53. The Balaban J connectivity index is 2.53. The lowest BCUT2D eigenvalue weighted by molar-refractivity contribution is 0.393. The number of nitrogens with zero attached hydrogens (tertiary/aromatic N) is 4. The largest absolute Gasteiger partial charge is 0.480 e. The molecule has 2 aromatic rings. The van der Waals surface area contributed by atoms with Crippen molar-refractivity contribution in [3.8, 4) is 17.9 Å². The summed E-state index contributed by atoms with van der Waals surface area (Å²) in [6.45, 7) is 0. The maximum Gasteiger partial charge on any atom is 0.238 e. The Morgan fingerprint density at radius 1 is 1.56 bits per heavy atom. The van der Waals surface area contributed by atoms with Gasteiger partial charge in [-0.25, -0.2) is 4.98 Å². The van der Waals surface area contributed by atoms with Gasteiger partial charge in [0.05, 0.1) is 17.8 Å². The molecule has 0 aliphatic heterocycles. The Kier molecular flexibility index (Phi) is 2.88. The predicted octanol–water partition coefficient (Wildman–Crippen LogP) is 1.91. The third-order valence-electron chi connectivity index (χ3n) is 1.97. The van der Waals surface area contributed by atoms with Gasteiger partial charge in [0.25, 0.3) is 0 Å². The molecular weight excluding hydrogens is 272 g/mol. The van der Waals surface area contributed by atoms with Crippen LogP contribution in [0.5, 0.6) is 5.88 Å². The number of methoxy groups -OCH3 is 1. The normalized spacial score (nSPS) is 9.81. The smallest absolute Gasteiger partial charge is 0.238 e. The summed E-state index contributed by atoms with van der Waals surface area (Å²) in [5, 5.41) is 8.88. The Morgan fingerprint density at radius 3 is 3.06 bits per heavy atom. The molecule has 6 heteroatoms. The molecule has 0 spiro atoms. The number of nitriles is 1. The first-order valence-corrected chi connectivity index (χ1v) is 5.20. The zero-order valence-electron chi connectivity index (χ0n) is 8.38. The Hall–Kier alpha value is -1.87. The summed E-state index contributed by atoms with van der Waals surface area (Å²) in [5.74, 6) is 0.837. The number of rotatable bonds is 2. The predicted molar refractivity (Wildman–Crippen MR) is 60.3 cm³/mol. The number of hydrogen-bond acceptors (Lipinski definition) is 4. The molecule has 0 aromatic carbocycles. The molecule has 2 heterocycles. The van der Waals surface area contributed by atoms with Gasteiger partial charge >= 0.3 is 0 Å². The third kappa shape index (κ3) is 1.77. The molecule has 0 N–H and O–H groups in total. The summed E-state index contributed by atoms with van der Waals surface area (Å²) in [5.41, 5.74) is 0.476. The summed E-state index contributed by atoms with van der Waals surface area (Å²) in [4.78, 5) is 8.29. The van der Waals surface area contributed by atoms with Gasteiger partial charge in [-0.15, -0.1) is 0 Å². The second-order valence-corrected chi connectivity index (χ2v) is 3.76. The highest BCUT2D eigenvalue weighted by molar-refractivity contribution is 9.10. The molecule has 0 radical (unpaired) electrons. The highest BCUT2D eigenvalue weighted by Gasteiger charge is 2.08. The van der Waals surface area contributed by atoms with Gasteiger partial charge in [-0.2, -0.15) is 10.2 Å². The Labute approximate surface area is 100 Å².